The molecule has 0 aliphatic carbocycles. The van der Waals surface area contributed by atoms with E-state index < -0.39 is 5.83 Å². The normalized spacial score (nSPS) is 12.9. The first-order valence-corrected chi connectivity index (χ1v) is 11.5. The first kappa shape index (κ1) is 22.6. The van der Waals surface area contributed by atoms with E-state index in [9.17, 15) is 4.39 Å². The molecule has 0 spiro atoms. The molecule has 7 nitrogen and oxygen atoms in total. The number of thiophene rings is 1. The van der Waals surface area contributed by atoms with Crippen molar-refractivity contribution in [3.05, 3.63) is 70.8 Å². The van der Waals surface area contributed by atoms with Crippen LogP contribution in [0.3, 0.4) is 0 Å². The summed E-state index contributed by atoms with van der Waals surface area (Å²) < 4.78 is 29.6. The summed E-state index contributed by atoms with van der Waals surface area (Å²) in [6.45, 7) is 5.78. The van der Waals surface area contributed by atoms with Gasteiger partial charge in [0.25, 0.3) is 0 Å². The molecule has 176 valence electrons. The molecule has 5 heterocycles. The number of H-pyrrole nitrogens is 2. The number of nitrogens with one attached hydrogen (secondary N) is 2. The number of rotatable bonds is 5. The number of fused-ring (bicyclic) bond motifs is 1. The fraction of sp³-hybridized carbons (Fsp3) is 0.120. The lowest BCUT2D eigenvalue weighted by atomic mass is 10.1. The standard InChI is InChI=1S/C25H21F2N7S/c1-5-17-21(22(27)13(2)14-8-15(34(3)4)10-28-9-14)24(33-32-17)25-30-18-12-29-11-16(23(18)31-25)19-6-7-20(26)35-19/h5-12,32H,2H2,1,3-4H3,(H,30,31)/b17-5+,22-21-. The van der Waals surface area contributed by atoms with Crippen molar-refractivity contribution in [1.82, 2.24) is 30.1 Å². The van der Waals surface area contributed by atoms with Gasteiger partial charge in [0, 0.05) is 48.1 Å². The predicted octanol–water partition coefficient (Wildman–Crippen LogP) is 4.27. The van der Waals surface area contributed by atoms with Gasteiger partial charge >= 0.3 is 0 Å². The molecule has 2 N–H and O–H groups in total. The zero-order valence-corrected chi connectivity index (χ0v) is 20.0. The third kappa shape index (κ3) is 4.01. The Labute approximate surface area is 203 Å². The third-order valence-corrected chi connectivity index (χ3v) is 6.52. The molecular formula is C25H21F2N7S. The number of imidazole rings is 1. The Balaban J connectivity index is 1.69. The van der Waals surface area contributed by atoms with Gasteiger partial charge in [-0.3, -0.25) is 15.1 Å². The zero-order valence-electron chi connectivity index (χ0n) is 19.2. The quantitative estimate of drug-likeness (QED) is 0.385. The molecule has 5 rings (SSSR count). The van der Waals surface area contributed by atoms with Gasteiger partial charge in [-0.25, -0.2) is 9.37 Å². The predicted molar refractivity (Wildman–Crippen MR) is 136 cm³/mol. The lowest BCUT2D eigenvalue weighted by Gasteiger charge is -2.13. The van der Waals surface area contributed by atoms with E-state index in [1.807, 2.05) is 25.1 Å². The van der Waals surface area contributed by atoms with Crippen molar-refractivity contribution in [1.29, 1.82) is 0 Å². The number of aromatic nitrogens is 6. The molecular weight excluding hydrogens is 468 g/mol. The fourth-order valence-corrected chi connectivity index (χ4v) is 4.50. The van der Waals surface area contributed by atoms with Crippen LogP contribution in [0.5, 0.6) is 0 Å². The Kier molecular flexibility index (Phi) is 5.73. The van der Waals surface area contributed by atoms with Crippen molar-refractivity contribution >= 4 is 45.5 Å². The third-order valence-electron chi connectivity index (χ3n) is 5.61. The summed E-state index contributed by atoms with van der Waals surface area (Å²) in [5.74, 6) is -0.188. The van der Waals surface area contributed by atoms with Gasteiger partial charge in [-0.05, 0) is 25.1 Å². The largest absolute Gasteiger partial charge is 0.376 e. The van der Waals surface area contributed by atoms with Gasteiger partial charge in [0.15, 0.2) is 11.0 Å². The summed E-state index contributed by atoms with van der Waals surface area (Å²) in [5, 5.41) is 7.66. The molecule has 10 heteroatoms. The summed E-state index contributed by atoms with van der Waals surface area (Å²) in [4.78, 5) is 18.9. The Bertz CT molecular complexity index is 1690. The number of hydrogen-bond donors (Lipinski definition) is 2. The number of halogens is 2. The average Bonchev–Trinajstić information content (AvgIpc) is 3.60. The summed E-state index contributed by atoms with van der Waals surface area (Å²) in [6, 6.07) is 4.91. The lowest BCUT2D eigenvalue weighted by Crippen LogP contribution is -2.26. The molecule has 0 aliphatic heterocycles. The molecule has 0 amide bonds. The molecule has 5 aromatic rings. The molecule has 0 bridgehead atoms. The van der Waals surface area contributed by atoms with Gasteiger partial charge in [0.1, 0.15) is 17.0 Å². The van der Waals surface area contributed by atoms with E-state index >= 15 is 4.39 Å². The van der Waals surface area contributed by atoms with Crippen molar-refractivity contribution < 1.29 is 8.78 Å². The Hall–Kier alpha value is -4.18. The second-order valence-electron chi connectivity index (χ2n) is 8.04. The van der Waals surface area contributed by atoms with E-state index in [2.05, 4.69) is 31.7 Å². The van der Waals surface area contributed by atoms with Gasteiger partial charge in [0.2, 0.25) is 0 Å². The number of pyridine rings is 2. The van der Waals surface area contributed by atoms with E-state index in [4.69, 9.17) is 4.98 Å². The van der Waals surface area contributed by atoms with E-state index in [1.165, 1.54) is 6.07 Å². The minimum atomic E-state index is -0.543. The van der Waals surface area contributed by atoms with Crippen LogP contribution in [0.2, 0.25) is 0 Å². The van der Waals surface area contributed by atoms with E-state index in [-0.39, 0.29) is 15.9 Å². The Morgan fingerprint density at radius 1 is 1.14 bits per heavy atom. The van der Waals surface area contributed by atoms with Gasteiger partial charge in [-0.1, -0.05) is 12.7 Å². The summed E-state index contributed by atoms with van der Waals surface area (Å²) in [7, 11) is 3.77. The molecule has 0 aliphatic rings. The maximum absolute atomic E-state index is 16.0. The van der Waals surface area contributed by atoms with Crippen LogP contribution in [0.25, 0.3) is 50.5 Å². The average molecular weight is 490 g/mol. The number of hydrogen-bond acceptors (Lipinski definition) is 6. The second-order valence-corrected chi connectivity index (χ2v) is 9.07. The van der Waals surface area contributed by atoms with E-state index in [0.717, 1.165) is 17.0 Å². The van der Waals surface area contributed by atoms with E-state index in [0.29, 0.717) is 43.9 Å². The van der Waals surface area contributed by atoms with Crippen molar-refractivity contribution in [3.63, 3.8) is 0 Å². The highest BCUT2D eigenvalue weighted by molar-refractivity contribution is 7.14. The van der Waals surface area contributed by atoms with Crippen molar-refractivity contribution in [2.45, 2.75) is 6.92 Å². The minimum Gasteiger partial charge on any atom is -0.376 e. The first-order chi connectivity index (χ1) is 16.9. The summed E-state index contributed by atoms with van der Waals surface area (Å²) >= 11 is 1.01. The molecule has 0 saturated carbocycles. The minimum absolute atomic E-state index is 0.180. The maximum atomic E-state index is 16.0. The second kappa shape index (κ2) is 8.88. The number of anilines is 1. The highest BCUT2D eigenvalue weighted by atomic mass is 32.1. The number of allylic oxidation sites excluding steroid dienone is 1. The fourth-order valence-electron chi connectivity index (χ4n) is 3.76. The lowest BCUT2D eigenvalue weighted by molar-refractivity contribution is 0.657. The van der Waals surface area contributed by atoms with Crippen LogP contribution in [0.1, 0.15) is 12.5 Å². The van der Waals surface area contributed by atoms with Crippen molar-refractivity contribution in [2.24, 2.45) is 0 Å². The van der Waals surface area contributed by atoms with Gasteiger partial charge in [-0.2, -0.15) is 9.49 Å². The van der Waals surface area contributed by atoms with Crippen LogP contribution >= 0.6 is 11.3 Å². The van der Waals surface area contributed by atoms with Gasteiger partial charge in [-0.15, -0.1) is 11.3 Å². The van der Waals surface area contributed by atoms with Gasteiger partial charge < -0.3 is 9.88 Å². The van der Waals surface area contributed by atoms with E-state index in [1.54, 1.807) is 43.9 Å². The molecule has 5 aromatic heterocycles. The van der Waals surface area contributed by atoms with Crippen molar-refractivity contribution in [2.75, 3.05) is 19.0 Å². The molecule has 0 radical (unpaired) electrons. The van der Waals surface area contributed by atoms with Crippen LogP contribution in [-0.4, -0.2) is 44.2 Å². The van der Waals surface area contributed by atoms with Crippen LogP contribution in [0.15, 0.2) is 49.6 Å². The zero-order chi connectivity index (χ0) is 24.7. The molecule has 0 atom stereocenters. The monoisotopic (exact) mass is 489 g/mol. The molecule has 0 aromatic carbocycles. The Morgan fingerprint density at radius 2 is 1.94 bits per heavy atom. The SMILES string of the molecule is C=C(/C(F)=c1/c(-c2nc3c(-c4ccc(F)s4)cncc3[nH]2)n[nH]/c1=C/C)c1cncc(N(C)C)c1. The highest BCUT2D eigenvalue weighted by Crippen LogP contribution is 2.32. The molecule has 35 heavy (non-hydrogen) atoms. The highest BCUT2D eigenvalue weighted by Gasteiger charge is 2.19. The van der Waals surface area contributed by atoms with Crippen LogP contribution in [0, 0.1) is 5.13 Å². The topological polar surface area (TPSA) is 86.4 Å². The van der Waals surface area contributed by atoms with Crippen LogP contribution in [-0.2, 0) is 0 Å². The first-order valence-electron chi connectivity index (χ1n) is 10.7. The summed E-state index contributed by atoms with van der Waals surface area (Å²) in [6.07, 6.45) is 8.26. The molecule has 0 saturated heterocycles. The van der Waals surface area contributed by atoms with Crippen molar-refractivity contribution in [3.8, 4) is 22.0 Å². The molecule has 0 fully saturated rings. The number of aromatic amines is 2. The summed E-state index contributed by atoms with van der Waals surface area (Å²) in [5.41, 5.74) is 3.76. The maximum Gasteiger partial charge on any atom is 0.176 e. The molecule has 0 unspecified atom stereocenters. The smallest absolute Gasteiger partial charge is 0.176 e. The van der Waals surface area contributed by atoms with Crippen LogP contribution in [0.4, 0.5) is 14.5 Å². The van der Waals surface area contributed by atoms with Gasteiger partial charge in [0.05, 0.1) is 34.2 Å². The van der Waals surface area contributed by atoms with Crippen LogP contribution < -0.4 is 15.5 Å². The number of nitrogens with zero attached hydrogens (tertiary/aromatic N) is 5. The Morgan fingerprint density at radius 3 is 2.66 bits per heavy atom.